The Morgan fingerprint density at radius 2 is 1.97 bits per heavy atom. The molecule has 3 aromatic heterocycles. The maximum Gasteiger partial charge on any atom is 0.417 e. The van der Waals surface area contributed by atoms with Gasteiger partial charge in [0.15, 0.2) is 5.76 Å². The summed E-state index contributed by atoms with van der Waals surface area (Å²) in [6.07, 6.45) is -2.83. The summed E-state index contributed by atoms with van der Waals surface area (Å²) in [7, 11) is 0. The number of aromatic amines is 1. The van der Waals surface area contributed by atoms with Gasteiger partial charge in [-0.25, -0.2) is 4.98 Å². The zero-order chi connectivity index (χ0) is 22.9. The first-order chi connectivity index (χ1) is 15.3. The number of benzene rings is 1. The average molecular weight is 443 g/mol. The fourth-order valence-electron chi connectivity index (χ4n) is 3.06. The van der Waals surface area contributed by atoms with Gasteiger partial charge in [-0.05, 0) is 30.7 Å². The van der Waals surface area contributed by atoms with Gasteiger partial charge in [-0.15, -0.1) is 0 Å². The number of nitrogens with zero attached hydrogens (tertiary/aromatic N) is 3. The molecule has 0 atom stereocenters. The number of hydrogen-bond donors (Lipinski definition) is 2. The molecule has 4 rings (SSSR count). The molecule has 8 nitrogen and oxygen atoms in total. The van der Waals surface area contributed by atoms with Gasteiger partial charge >= 0.3 is 6.18 Å². The molecule has 0 aliphatic carbocycles. The van der Waals surface area contributed by atoms with Crippen LogP contribution in [-0.2, 0) is 12.6 Å². The highest BCUT2D eigenvalue weighted by atomic mass is 19.4. The smallest absolute Gasteiger partial charge is 0.417 e. The lowest BCUT2D eigenvalue weighted by Gasteiger charge is -2.13. The van der Waals surface area contributed by atoms with Crippen molar-refractivity contribution in [1.29, 1.82) is 0 Å². The van der Waals surface area contributed by atoms with Crippen molar-refractivity contribution in [3.05, 3.63) is 82.0 Å². The molecule has 11 heteroatoms. The number of H-pyrrole nitrogens is 1. The lowest BCUT2D eigenvalue weighted by Crippen LogP contribution is -2.21. The molecule has 32 heavy (non-hydrogen) atoms. The quantitative estimate of drug-likeness (QED) is 0.484. The van der Waals surface area contributed by atoms with E-state index in [1.807, 2.05) is 0 Å². The van der Waals surface area contributed by atoms with Crippen LogP contribution in [0.5, 0.6) is 0 Å². The molecular weight excluding hydrogens is 427 g/mol. The Labute approximate surface area is 178 Å². The van der Waals surface area contributed by atoms with E-state index in [0.29, 0.717) is 17.9 Å². The topological polar surface area (TPSA) is 106 Å². The van der Waals surface area contributed by atoms with Crippen molar-refractivity contribution in [2.45, 2.75) is 19.5 Å². The minimum absolute atomic E-state index is 0.00483. The third kappa shape index (κ3) is 4.17. The summed E-state index contributed by atoms with van der Waals surface area (Å²) in [5.74, 6) is -0.663. The van der Waals surface area contributed by atoms with E-state index in [0.717, 1.165) is 16.8 Å². The summed E-state index contributed by atoms with van der Waals surface area (Å²) >= 11 is 0. The number of nitrogens with one attached hydrogen (secondary N) is 2. The first-order valence-corrected chi connectivity index (χ1v) is 9.48. The molecule has 1 aromatic carbocycles. The van der Waals surface area contributed by atoms with Crippen LogP contribution in [0.2, 0.25) is 0 Å². The maximum absolute atomic E-state index is 13.3. The number of rotatable bonds is 5. The number of alkyl halides is 3. The summed E-state index contributed by atoms with van der Waals surface area (Å²) in [5.41, 5.74) is -1.33. The van der Waals surface area contributed by atoms with Gasteiger partial charge in [0.1, 0.15) is 11.5 Å². The van der Waals surface area contributed by atoms with Gasteiger partial charge in [-0.2, -0.15) is 23.0 Å². The van der Waals surface area contributed by atoms with Crippen LogP contribution in [0.25, 0.3) is 17.4 Å². The van der Waals surface area contributed by atoms with Crippen LogP contribution in [0.3, 0.4) is 0 Å². The van der Waals surface area contributed by atoms with Gasteiger partial charge in [-0.3, -0.25) is 14.6 Å². The average Bonchev–Trinajstić information content (AvgIpc) is 3.42. The van der Waals surface area contributed by atoms with Gasteiger partial charge in [-0.1, -0.05) is 19.1 Å². The van der Waals surface area contributed by atoms with Crippen molar-refractivity contribution < 1.29 is 22.4 Å². The Hall–Kier alpha value is -4.15. The van der Waals surface area contributed by atoms with Crippen LogP contribution in [0.4, 0.5) is 19.0 Å². The summed E-state index contributed by atoms with van der Waals surface area (Å²) < 4.78 is 46.5. The van der Waals surface area contributed by atoms with E-state index in [-0.39, 0.29) is 17.5 Å². The highest BCUT2D eigenvalue weighted by Crippen LogP contribution is 2.32. The van der Waals surface area contributed by atoms with Crippen molar-refractivity contribution in [3.8, 4) is 17.4 Å². The van der Waals surface area contributed by atoms with Crippen molar-refractivity contribution in [3.63, 3.8) is 0 Å². The largest absolute Gasteiger partial charge is 0.463 e. The summed E-state index contributed by atoms with van der Waals surface area (Å²) in [6, 6.07) is 10.4. The van der Waals surface area contributed by atoms with E-state index in [4.69, 9.17) is 4.42 Å². The Balaban J connectivity index is 1.80. The number of halogens is 3. The molecule has 164 valence electrons. The Morgan fingerprint density at radius 1 is 1.19 bits per heavy atom. The SMILES string of the molecule is CCc1cc(=O)[nH]c(-n2nc(-c3ccco3)cc2NC(=O)c2ccccc2C(F)(F)F)n1. The molecule has 0 bridgehead atoms. The van der Waals surface area contributed by atoms with Crippen LogP contribution in [-0.4, -0.2) is 25.7 Å². The first-order valence-electron chi connectivity index (χ1n) is 9.48. The second kappa shape index (κ2) is 8.17. The molecule has 1 amide bonds. The van der Waals surface area contributed by atoms with Gasteiger partial charge in [0.25, 0.3) is 11.5 Å². The molecule has 0 unspecified atom stereocenters. The number of carbonyl (C=O) groups excluding carboxylic acids is 1. The zero-order valence-corrected chi connectivity index (χ0v) is 16.6. The van der Waals surface area contributed by atoms with Gasteiger partial charge < -0.3 is 9.73 Å². The standard InChI is InChI=1S/C21H16F3N5O3/c1-2-12-10-18(30)27-20(25-12)29-17(11-15(28-29)16-8-5-9-32-16)26-19(31)13-6-3-4-7-14(13)21(22,23)24/h3-11H,2H2,1H3,(H,26,31)(H,25,27,30). The number of carbonyl (C=O) groups is 1. The lowest BCUT2D eigenvalue weighted by molar-refractivity contribution is -0.137. The van der Waals surface area contributed by atoms with Gasteiger partial charge in [0.2, 0.25) is 5.95 Å². The number of anilines is 1. The van der Waals surface area contributed by atoms with Gasteiger partial charge in [0, 0.05) is 17.8 Å². The van der Waals surface area contributed by atoms with Crippen molar-refractivity contribution >= 4 is 11.7 Å². The highest BCUT2D eigenvalue weighted by Gasteiger charge is 2.35. The number of amides is 1. The molecule has 0 saturated carbocycles. The molecular formula is C21H16F3N5O3. The maximum atomic E-state index is 13.3. The van der Waals surface area contributed by atoms with Crippen LogP contribution in [0.1, 0.15) is 28.5 Å². The normalized spacial score (nSPS) is 11.5. The van der Waals surface area contributed by atoms with Crippen LogP contribution in [0, 0.1) is 0 Å². The number of furan rings is 1. The first kappa shape index (κ1) is 21.1. The number of aryl methyl sites for hydroxylation is 1. The lowest BCUT2D eigenvalue weighted by atomic mass is 10.1. The molecule has 0 aliphatic rings. The molecule has 2 N–H and O–H groups in total. The molecule has 0 radical (unpaired) electrons. The third-order valence-corrected chi connectivity index (χ3v) is 4.55. The van der Waals surface area contributed by atoms with E-state index < -0.39 is 28.8 Å². The van der Waals surface area contributed by atoms with Crippen molar-refractivity contribution in [2.75, 3.05) is 5.32 Å². The van der Waals surface area contributed by atoms with E-state index >= 15 is 0 Å². The summed E-state index contributed by atoms with van der Waals surface area (Å²) in [6.45, 7) is 1.81. The fourth-order valence-corrected chi connectivity index (χ4v) is 3.06. The summed E-state index contributed by atoms with van der Waals surface area (Å²) in [5, 5.41) is 6.75. The zero-order valence-electron chi connectivity index (χ0n) is 16.6. The third-order valence-electron chi connectivity index (χ3n) is 4.55. The Kier molecular flexibility index (Phi) is 5.39. The van der Waals surface area contributed by atoms with E-state index in [2.05, 4.69) is 20.4 Å². The van der Waals surface area contributed by atoms with Crippen LogP contribution in [0.15, 0.2) is 64.0 Å². The molecule has 0 spiro atoms. The predicted molar refractivity (Wildman–Crippen MR) is 108 cm³/mol. The molecule has 0 aliphatic heterocycles. The number of hydrogen-bond acceptors (Lipinski definition) is 5. The highest BCUT2D eigenvalue weighted by molar-refractivity contribution is 6.05. The van der Waals surface area contributed by atoms with E-state index in [1.165, 1.54) is 30.5 Å². The van der Waals surface area contributed by atoms with Crippen LogP contribution < -0.4 is 10.9 Å². The van der Waals surface area contributed by atoms with E-state index in [9.17, 15) is 22.8 Å². The minimum atomic E-state index is -4.71. The molecule has 0 fully saturated rings. The van der Waals surface area contributed by atoms with Crippen molar-refractivity contribution in [2.24, 2.45) is 0 Å². The fraction of sp³-hybridized carbons (Fsp3) is 0.143. The van der Waals surface area contributed by atoms with Crippen molar-refractivity contribution in [1.82, 2.24) is 19.7 Å². The van der Waals surface area contributed by atoms with Gasteiger partial charge in [0.05, 0.1) is 17.4 Å². The second-order valence-electron chi connectivity index (χ2n) is 6.72. The molecule has 4 aromatic rings. The molecule has 3 heterocycles. The minimum Gasteiger partial charge on any atom is -0.463 e. The molecule has 0 saturated heterocycles. The Bertz CT molecular complexity index is 1320. The predicted octanol–water partition coefficient (Wildman–Crippen LogP) is 4.05. The summed E-state index contributed by atoms with van der Waals surface area (Å²) in [4.78, 5) is 31.6. The Morgan fingerprint density at radius 3 is 2.66 bits per heavy atom. The van der Waals surface area contributed by atoms with Crippen LogP contribution >= 0.6 is 0 Å². The number of aromatic nitrogens is 4. The monoisotopic (exact) mass is 443 g/mol. The second-order valence-corrected chi connectivity index (χ2v) is 6.72. The van der Waals surface area contributed by atoms with E-state index in [1.54, 1.807) is 19.1 Å².